The van der Waals surface area contributed by atoms with Crippen LogP contribution in [0.4, 0.5) is 10.1 Å². The Hall–Kier alpha value is -1.65. The largest absolute Gasteiger partial charge is 0.383 e. The second kappa shape index (κ2) is 5.61. The van der Waals surface area contributed by atoms with Crippen LogP contribution in [0, 0.1) is 17.1 Å². The van der Waals surface area contributed by atoms with Gasteiger partial charge in [-0.05, 0) is 18.2 Å². The van der Waals surface area contributed by atoms with Crippen molar-refractivity contribution in [2.24, 2.45) is 0 Å². The predicted molar refractivity (Wildman–Crippen MR) is 62.5 cm³/mol. The SMILES string of the molecule is CS(=O)(=O)NCCNc1ccc(F)cc1C#N. The fourth-order valence-electron chi connectivity index (χ4n) is 1.20. The van der Waals surface area contributed by atoms with Crippen LogP contribution in [0.15, 0.2) is 18.2 Å². The highest BCUT2D eigenvalue weighted by atomic mass is 32.2. The molecule has 92 valence electrons. The quantitative estimate of drug-likeness (QED) is 0.759. The Balaban J connectivity index is 2.56. The summed E-state index contributed by atoms with van der Waals surface area (Å²) in [7, 11) is -3.22. The van der Waals surface area contributed by atoms with E-state index < -0.39 is 15.8 Å². The second-order valence-corrected chi connectivity index (χ2v) is 5.23. The van der Waals surface area contributed by atoms with Gasteiger partial charge in [0, 0.05) is 13.1 Å². The number of nitriles is 1. The van der Waals surface area contributed by atoms with Gasteiger partial charge in [-0.1, -0.05) is 0 Å². The number of hydrogen-bond acceptors (Lipinski definition) is 4. The van der Waals surface area contributed by atoms with E-state index in [0.29, 0.717) is 12.2 Å². The first-order valence-corrected chi connectivity index (χ1v) is 6.69. The zero-order chi connectivity index (χ0) is 12.9. The summed E-state index contributed by atoms with van der Waals surface area (Å²) in [5, 5.41) is 11.6. The van der Waals surface area contributed by atoms with Crippen molar-refractivity contribution in [2.45, 2.75) is 0 Å². The van der Waals surface area contributed by atoms with Gasteiger partial charge in [0.25, 0.3) is 0 Å². The van der Waals surface area contributed by atoms with Gasteiger partial charge in [-0.3, -0.25) is 0 Å². The van der Waals surface area contributed by atoms with Crippen molar-refractivity contribution < 1.29 is 12.8 Å². The van der Waals surface area contributed by atoms with Gasteiger partial charge in [-0.25, -0.2) is 17.5 Å². The van der Waals surface area contributed by atoms with Crippen LogP contribution >= 0.6 is 0 Å². The van der Waals surface area contributed by atoms with Crippen molar-refractivity contribution in [3.8, 4) is 6.07 Å². The average molecular weight is 257 g/mol. The highest BCUT2D eigenvalue weighted by Gasteiger charge is 2.03. The standard InChI is InChI=1S/C10H12FN3O2S/c1-17(15,16)14-5-4-13-10-3-2-9(11)6-8(10)7-12/h2-3,6,13-14H,4-5H2,1H3. The first-order valence-electron chi connectivity index (χ1n) is 4.80. The van der Waals surface area contributed by atoms with Crippen molar-refractivity contribution in [2.75, 3.05) is 24.7 Å². The molecule has 0 amide bonds. The van der Waals surface area contributed by atoms with Crippen LogP contribution in [-0.2, 0) is 10.0 Å². The molecule has 0 saturated carbocycles. The minimum Gasteiger partial charge on any atom is -0.383 e. The zero-order valence-electron chi connectivity index (χ0n) is 9.20. The molecule has 0 fully saturated rings. The fraction of sp³-hybridized carbons (Fsp3) is 0.300. The lowest BCUT2D eigenvalue weighted by Gasteiger charge is -2.08. The maximum absolute atomic E-state index is 12.8. The number of hydrogen-bond donors (Lipinski definition) is 2. The molecule has 1 aromatic carbocycles. The minimum atomic E-state index is -3.22. The number of benzene rings is 1. The van der Waals surface area contributed by atoms with Crippen LogP contribution in [0.1, 0.15) is 5.56 Å². The molecule has 2 N–H and O–H groups in total. The van der Waals surface area contributed by atoms with Crippen LogP contribution in [0.2, 0.25) is 0 Å². The normalized spacial score (nSPS) is 10.9. The molecule has 0 spiro atoms. The smallest absolute Gasteiger partial charge is 0.208 e. The fourth-order valence-corrected chi connectivity index (χ4v) is 1.67. The molecule has 0 heterocycles. The molecule has 17 heavy (non-hydrogen) atoms. The van der Waals surface area contributed by atoms with Gasteiger partial charge in [-0.15, -0.1) is 0 Å². The lowest BCUT2D eigenvalue weighted by Crippen LogP contribution is -2.27. The molecule has 1 rings (SSSR count). The third kappa shape index (κ3) is 4.80. The van der Waals surface area contributed by atoms with Crippen molar-refractivity contribution in [1.29, 1.82) is 5.26 Å². The second-order valence-electron chi connectivity index (χ2n) is 3.39. The van der Waals surface area contributed by atoms with E-state index >= 15 is 0 Å². The highest BCUT2D eigenvalue weighted by molar-refractivity contribution is 7.88. The molecule has 0 bridgehead atoms. The van der Waals surface area contributed by atoms with E-state index in [0.717, 1.165) is 12.3 Å². The van der Waals surface area contributed by atoms with Crippen molar-refractivity contribution in [3.05, 3.63) is 29.6 Å². The molecular weight excluding hydrogens is 245 g/mol. The number of sulfonamides is 1. The Labute approximate surface area is 99.3 Å². The van der Waals surface area contributed by atoms with Gasteiger partial charge in [0.1, 0.15) is 11.9 Å². The number of halogens is 1. The highest BCUT2D eigenvalue weighted by Crippen LogP contribution is 2.15. The predicted octanol–water partition coefficient (Wildman–Crippen LogP) is 0.658. The zero-order valence-corrected chi connectivity index (χ0v) is 10.0. The van der Waals surface area contributed by atoms with Crippen LogP contribution in [0.5, 0.6) is 0 Å². The van der Waals surface area contributed by atoms with Gasteiger partial charge < -0.3 is 5.32 Å². The summed E-state index contributed by atoms with van der Waals surface area (Å²) >= 11 is 0. The van der Waals surface area contributed by atoms with E-state index in [4.69, 9.17) is 5.26 Å². The summed E-state index contributed by atoms with van der Waals surface area (Å²) in [6.45, 7) is 0.508. The molecule has 5 nitrogen and oxygen atoms in total. The summed E-state index contributed by atoms with van der Waals surface area (Å²) in [4.78, 5) is 0. The van der Waals surface area contributed by atoms with Crippen molar-refractivity contribution in [1.82, 2.24) is 4.72 Å². The summed E-state index contributed by atoms with van der Waals surface area (Å²) in [5.74, 6) is -0.485. The Morgan fingerprint density at radius 2 is 2.12 bits per heavy atom. The van der Waals surface area contributed by atoms with Crippen molar-refractivity contribution >= 4 is 15.7 Å². The molecular formula is C10H12FN3O2S. The van der Waals surface area contributed by atoms with Gasteiger partial charge in [-0.2, -0.15) is 5.26 Å². The maximum atomic E-state index is 12.8. The van der Waals surface area contributed by atoms with Crippen LogP contribution in [0.25, 0.3) is 0 Å². The molecule has 0 aromatic heterocycles. The summed E-state index contributed by atoms with van der Waals surface area (Å²) in [6, 6.07) is 5.64. The summed E-state index contributed by atoms with van der Waals surface area (Å²) in [6.07, 6.45) is 1.06. The molecule has 0 saturated heterocycles. The molecule has 0 aliphatic heterocycles. The van der Waals surface area contributed by atoms with Crippen LogP contribution < -0.4 is 10.0 Å². The number of rotatable bonds is 5. The van der Waals surface area contributed by atoms with E-state index in [1.54, 1.807) is 0 Å². The number of nitrogens with one attached hydrogen (secondary N) is 2. The molecule has 0 aliphatic carbocycles. The van der Waals surface area contributed by atoms with Gasteiger partial charge in [0.05, 0.1) is 17.5 Å². The van der Waals surface area contributed by atoms with E-state index in [9.17, 15) is 12.8 Å². The van der Waals surface area contributed by atoms with Gasteiger partial charge >= 0.3 is 0 Å². The molecule has 0 radical (unpaired) electrons. The lowest BCUT2D eigenvalue weighted by atomic mass is 10.2. The van der Waals surface area contributed by atoms with Crippen LogP contribution in [-0.4, -0.2) is 27.8 Å². The Bertz CT molecular complexity index is 537. The molecule has 0 aliphatic rings. The van der Waals surface area contributed by atoms with Crippen LogP contribution in [0.3, 0.4) is 0 Å². The molecule has 1 aromatic rings. The first-order chi connectivity index (χ1) is 7.92. The monoisotopic (exact) mass is 257 g/mol. The first kappa shape index (κ1) is 13.4. The molecule has 0 unspecified atom stereocenters. The summed E-state index contributed by atoms with van der Waals surface area (Å²) < 4.78 is 36.6. The average Bonchev–Trinajstić information content (AvgIpc) is 2.24. The maximum Gasteiger partial charge on any atom is 0.208 e. The number of anilines is 1. The van der Waals surface area contributed by atoms with Gasteiger partial charge in [0.15, 0.2) is 0 Å². The number of nitrogens with zero attached hydrogens (tertiary/aromatic N) is 1. The Kier molecular flexibility index (Phi) is 4.43. The van der Waals surface area contributed by atoms with E-state index in [1.807, 2.05) is 6.07 Å². The lowest BCUT2D eigenvalue weighted by molar-refractivity contribution is 0.589. The van der Waals surface area contributed by atoms with E-state index in [1.165, 1.54) is 12.1 Å². The summed E-state index contributed by atoms with van der Waals surface area (Å²) in [5.41, 5.74) is 0.661. The third-order valence-electron chi connectivity index (χ3n) is 1.91. The third-order valence-corrected chi connectivity index (χ3v) is 2.64. The van der Waals surface area contributed by atoms with E-state index in [2.05, 4.69) is 10.0 Å². The topological polar surface area (TPSA) is 82.0 Å². The van der Waals surface area contributed by atoms with Crippen molar-refractivity contribution in [3.63, 3.8) is 0 Å². The molecule has 0 atom stereocenters. The Morgan fingerprint density at radius 1 is 1.41 bits per heavy atom. The minimum absolute atomic E-state index is 0.185. The Morgan fingerprint density at radius 3 is 2.71 bits per heavy atom. The van der Waals surface area contributed by atoms with Gasteiger partial charge in [0.2, 0.25) is 10.0 Å². The van der Waals surface area contributed by atoms with E-state index in [-0.39, 0.29) is 12.1 Å². The molecule has 7 heteroatoms.